The third-order valence-electron chi connectivity index (χ3n) is 6.17. The highest BCUT2D eigenvalue weighted by molar-refractivity contribution is 7.17. The summed E-state index contributed by atoms with van der Waals surface area (Å²) < 4.78 is 11.1. The summed E-state index contributed by atoms with van der Waals surface area (Å²) in [5.74, 6) is 1.25. The van der Waals surface area contributed by atoms with Crippen LogP contribution in [-0.4, -0.2) is 23.5 Å². The van der Waals surface area contributed by atoms with Crippen molar-refractivity contribution in [1.82, 2.24) is 4.98 Å². The van der Waals surface area contributed by atoms with Crippen LogP contribution in [0.1, 0.15) is 57.2 Å². The summed E-state index contributed by atoms with van der Waals surface area (Å²) in [5.41, 5.74) is 3.28. The van der Waals surface area contributed by atoms with Gasteiger partial charge in [0.05, 0.1) is 23.3 Å². The molecule has 0 bridgehead atoms. The van der Waals surface area contributed by atoms with Crippen molar-refractivity contribution in [3.63, 3.8) is 0 Å². The number of rotatable bonds is 5. The Kier molecular flexibility index (Phi) is 5.96. The first kappa shape index (κ1) is 22.3. The summed E-state index contributed by atoms with van der Waals surface area (Å²) in [6.07, 6.45) is 2.74. The minimum Gasteiger partial charge on any atom is -0.462 e. The molecule has 0 unspecified atom stereocenters. The molecule has 1 aromatic carbocycles. The first-order chi connectivity index (χ1) is 16.4. The molecule has 0 fully saturated rings. The summed E-state index contributed by atoms with van der Waals surface area (Å²) in [6.45, 7) is 6.16. The zero-order valence-electron chi connectivity index (χ0n) is 19.4. The van der Waals surface area contributed by atoms with Crippen LogP contribution in [0.2, 0.25) is 0 Å². The van der Waals surface area contributed by atoms with Crippen LogP contribution in [-0.2, 0) is 17.6 Å². The number of carbonyl (C=O) groups is 2. The van der Waals surface area contributed by atoms with Crippen molar-refractivity contribution in [3.05, 3.63) is 69.8 Å². The first-order valence-electron chi connectivity index (χ1n) is 11.5. The van der Waals surface area contributed by atoms with Crippen molar-refractivity contribution in [1.29, 1.82) is 0 Å². The van der Waals surface area contributed by atoms with Gasteiger partial charge in [-0.15, -0.1) is 11.3 Å². The van der Waals surface area contributed by atoms with Crippen LogP contribution in [0.5, 0.6) is 0 Å². The number of amides is 1. The molecule has 1 amide bonds. The predicted molar refractivity (Wildman–Crippen MR) is 134 cm³/mol. The highest BCUT2D eigenvalue weighted by Crippen LogP contribution is 2.40. The lowest BCUT2D eigenvalue weighted by atomic mass is 9.88. The molecule has 0 saturated heterocycles. The largest absolute Gasteiger partial charge is 0.462 e. The number of ether oxygens (including phenoxy) is 1. The number of para-hydroxylation sites is 1. The van der Waals surface area contributed by atoms with Gasteiger partial charge in [-0.05, 0) is 68.9 Å². The molecule has 1 atom stereocenters. The number of pyridine rings is 1. The van der Waals surface area contributed by atoms with Crippen LogP contribution in [0.3, 0.4) is 0 Å². The Balaban J connectivity index is 1.57. The number of aromatic nitrogens is 1. The molecule has 6 nitrogen and oxygen atoms in total. The maximum absolute atomic E-state index is 13.6. The lowest BCUT2D eigenvalue weighted by molar-refractivity contribution is 0.0526. The van der Waals surface area contributed by atoms with Gasteiger partial charge in [0.15, 0.2) is 5.76 Å². The van der Waals surface area contributed by atoms with Gasteiger partial charge in [-0.25, -0.2) is 9.78 Å². The van der Waals surface area contributed by atoms with Crippen molar-refractivity contribution < 1.29 is 18.7 Å². The highest BCUT2D eigenvalue weighted by Gasteiger charge is 2.29. The second kappa shape index (κ2) is 9.06. The lowest BCUT2D eigenvalue weighted by Gasteiger charge is -2.18. The summed E-state index contributed by atoms with van der Waals surface area (Å²) in [7, 11) is 0. The lowest BCUT2D eigenvalue weighted by Crippen LogP contribution is -2.17. The smallest absolute Gasteiger partial charge is 0.341 e. The number of thiophene rings is 1. The minimum absolute atomic E-state index is 0.286. The predicted octanol–water partition coefficient (Wildman–Crippen LogP) is 6.42. The van der Waals surface area contributed by atoms with Gasteiger partial charge in [0, 0.05) is 10.3 Å². The van der Waals surface area contributed by atoms with E-state index in [4.69, 9.17) is 14.1 Å². The van der Waals surface area contributed by atoms with Crippen molar-refractivity contribution in [2.45, 2.75) is 40.0 Å². The second-order valence-corrected chi connectivity index (χ2v) is 9.82. The van der Waals surface area contributed by atoms with Crippen molar-refractivity contribution >= 4 is 39.1 Å². The maximum atomic E-state index is 13.6. The van der Waals surface area contributed by atoms with Gasteiger partial charge < -0.3 is 14.5 Å². The number of hydrogen-bond donors (Lipinski definition) is 1. The van der Waals surface area contributed by atoms with Crippen molar-refractivity contribution in [3.8, 4) is 11.5 Å². The maximum Gasteiger partial charge on any atom is 0.341 e. The van der Waals surface area contributed by atoms with Gasteiger partial charge in [0.1, 0.15) is 16.5 Å². The fraction of sp³-hybridized carbons (Fsp3) is 0.296. The van der Waals surface area contributed by atoms with Crippen molar-refractivity contribution in [2.75, 3.05) is 11.9 Å². The zero-order valence-corrected chi connectivity index (χ0v) is 20.3. The van der Waals surface area contributed by atoms with E-state index < -0.39 is 0 Å². The quantitative estimate of drug-likeness (QED) is 0.338. The van der Waals surface area contributed by atoms with E-state index in [0.29, 0.717) is 39.0 Å². The summed E-state index contributed by atoms with van der Waals surface area (Å²) in [6, 6.07) is 13.0. The Morgan fingerprint density at radius 3 is 2.82 bits per heavy atom. The molecular weight excluding hydrogens is 448 g/mol. The fourth-order valence-corrected chi connectivity index (χ4v) is 5.88. The topological polar surface area (TPSA) is 81.4 Å². The molecule has 0 radical (unpaired) electrons. The molecule has 5 rings (SSSR count). The van der Waals surface area contributed by atoms with Crippen LogP contribution in [0.15, 0.2) is 46.9 Å². The number of fused-ring (bicyclic) bond motifs is 2. The molecule has 34 heavy (non-hydrogen) atoms. The molecule has 7 heteroatoms. The normalized spacial score (nSPS) is 15.2. The van der Waals surface area contributed by atoms with Crippen molar-refractivity contribution in [2.24, 2.45) is 5.92 Å². The average molecular weight is 475 g/mol. The molecule has 1 N–H and O–H groups in total. The molecule has 3 aromatic heterocycles. The number of hydrogen-bond acceptors (Lipinski definition) is 6. The number of nitrogens with one attached hydrogen (secondary N) is 1. The first-order valence-corrected chi connectivity index (χ1v) is 12.4. The zero-order chi connectivity index (χ0) is 23.8. The number of furan rings is 1. The third kappa shape index (κ3) is 4.12. The van der Waals surface area contributed by atoms with E-state index in [1.807, 2.05) is 43.3 Å². The summed E-state index contributed by atoms with van der Waals surface area (Å²) >= 11 is 1.49. The number of esters is 1. The molecule has 0 aliphatic heterocycles. The van der Waals surface area contributed by atoms with E-state index in [1.165, 1.54) is 11.3 Å². The Labute approximate surface area is 202 Å². The van der Waals surface area contributed by atoms with E-state index in [0.717, 1.165) is 40.8 Å². The number of aryl methyl sites for hydroxylation is 1. The van der Waals surface area contributed by atoms with E-state index in [1.54, 1.807) is 13.0 Å². The summed E-state index contributed by atoms with van der Waals surface area (Å²) in [5, 5.41) is 4.32. The Morgan fingerprint density at radius 2 is 2.06 bits per heavy atom. The second-order valence-electron chi connectivity index (χ2n) is 8.71. The van der Waals surface area contributed by atoms with E-state index >= 15 is 0 Å². The molecule has 0 saturated carbocycles. The molecule has 1 aliphatic carbocycles. The van der Waals surface area contributed by atoms with Crippen LogP contribution in [0.25, 0.3) is 22.4 Å². The number of anilines is 1. The van der Waals surface area contributed by atoms with Gasteiger partial charge in [-0.1, -0.05) is 25.1 Å². The highest BCUT2D eigenvalue weighted by atomic mass is 32.1. The van der Waals surface area contributed by atoms with E-state index in [9.17, 15) is 9.59 Å². The van der Waals surface area contributed by atoms with E-state index in [-0.39, 0.29) is 18.5 Å². The van der Waals surface area contributed by atoms with Crippen LogP contribution in [0.4, 0.5) is 5.00 Å². The average Bonchev–Trinajstić information content (AvgIpc) is 3.41. The molecular formula is C27H26N2O4S. The van der Waals surface area contributed by atoms with E-state index in [2.05, 4.69) is 12.2 Å². The molecule has 0 spiro atoms. The SMILES string of the molecule is CCOC(=O)c1c(NC(=O)c2cc(-c3ccc(C)o3)nc3ccccc23)sc2c1CC[C@H](C)C2. The van der Waals surface area contributed by atoms with Gasteiger partial charge in [0.2, 0.25) is 0 Å². The van der Waals surface area contributed by atoms with Crippen LogP contribution < -0.4 is 5.32 Å². The van der Waals surface area contributed by atoms with Gasteiger partial charge in [0.25, 0.3) is 5.91 Å². The Hall–Kier alpha value is -3.45. The summed E-state index contributed by atoms with van der Waals surface area (Å²) in [4.78, 5) is 32.3. The Bertz CT molecular complexity index is 1400. The Morgan fingerprint density at radius 1 is 1.24 bits per heavy atom. The van der Waals surface area contributed by atoms with Gasteiger partial charge in [-0.3, -0.25) is 4.79 Å². The van der Waals surface area contributed by atoms with Crippen LogP contribution in [0, 0.1) is 12.8 Å². The monoisotopic (exact) mass is 474 g/mol. The fourth-order valence-electron chi connectivity index (χ4n) is 4.49. The number of carbonyl (C=O) groups excluding carboxylic acids is 2. The molecule has 3 heterocycles. The van der Waals surface area contributed by atoms with Gasteiger partial charge in [-0.2, -0.15) is 0 Å². The molecule has 174 valence electrons. The third-order valence-corrected chi connectivity index (χ3v) is 7.34. The standard InChI is InChI=1S/C27H26N2O4S/c1-4-32-27(31)24-18-11-9-15(2)13-23(18)34-26(24)29-25(30)19-14-21(22-12-10-16(3)33-22)28-20-8-6-5-7-17(19)20/h5-8,10,12,14-15H,4,9,11,13H2,1-3H3,(H,29,30)/t15-/m0/s1. The van der Waals surface area contributed by atoms with Crippen LogP contribution >= 0.6 is 11.3 Å². The van der Waals surface area contributed by atoms with Gasteiger partial charge >= 0.3 is 5.97 Å². The number of benzene rings is 1. The number of nitrogens with zero attached hydrogens (tertiary/aromatic N) is 1. The molecule has 4 aromatic rings. The molecule has 1 aliphatic rings. The minimum atomic E-state index is -0.379.